The van der Waals surface area contributed by atoms with E-state index in [2.05, 4.69) is 52.3 Å². The summed E-state index contributed by atoms with van der Waals surface area (Å²) in [7, 11) is 0. The summed E-state index contributed by atoms with van der Waals surface area (Å²) in [5, 5.41) is 11.3. The average Bonchev–Trinajstić information content (AvgIpc) is 3.85. The van der Waals surface area contributed by atoms with Gasteiger partial charge >= 0.3 is 0 Å². The number of anilines is 1. The monoisotopic (exact) mass is 687 g/mol. The summed E-state index contributed by atoms with van der Waals surface area (Å²) < 4.78 is 0. The van der Waals surface area contributed by atoms with E-state index in [0.29, 0.717) is 44.6 Å². The second-order valence-electron chi connectivity index (χ2n) is 15.9. The van der Waals surface area contributed by atoms with E-state index in [1.165, 1.54) is 11.3 Å². The molecule has 2 aromatic carbocycles. The molecule has 1 spiro atoms. The summed E-state index contributed by atoms with van der Waals surface area (Å²) in [6.07, 6.45) is 5.55. The zero-order valence-corrected chi connectivity index (χ0v) is 28.9. The van der Waals surface area contributed by atoms with Gasteiger partial charge in [0, 0.05) is 47.4 Å². The Morgan fingerprint density at radius 2 is 1.71 bits per heavy atom. The van der Waals surface area contributed by atoms with Crippen molar-refractivity contribution in [1.29, 1.82) is 0 Å². The third kappa shape index (κ3) is 5.13. The topological polar surface area (TPSA) is 152 Å². The number of aromatic amines is 2. The number of rotatable bonds is 5. The predicted octanol–water partition coefficient (Wildman–Crippen LogP) is 4.49. The van der Waals surface area contributed by atoms with Gasteiger partial charge in [-0.3, -0.25) is 44.2 Å². The van der Waals surface area contributed by atoms with E-state index in [-0.39, 0.29) is 29.7 Å². The Hall–Kier alpha value is -5.10. The molecule has 262 valence electrons. The standard InChI is InChI=1S/C39H41N7O5/c1-38(2)11-10-25-29(20-38)42-43-33(25)28-18-22-6-7-24(19-27(22)40-28)45-17-14-39(37(45)51)12-15-44(16-13-39)21-23-4-3-5-26-32(23)36(50)46(35(26)49)30-8-9-31(47)41-34(30)48/h3-7,18-19,30,40H,8-17,20-21H2,1-2H3,(H,42,43)(H,41,47,48). The quantitative estimate of drug-likeness (QED) is 0.262. The van der Waals surface area contributed by atoms with Crippen LogP contribution in [0, 0.1) is 10.8 Å². The maximum Gasteiger partial charge on any atom is 0.262 e. The van der Waals surface area contributed by atoms with Gasteiger partial charge in [0.25, 0.3) is 11.8 Å². The van der Waals surface area contributed by atoms with Gasteiger partial charge in [-0.05, 0) is 93.3 Å². The normalized spacial score (nSPS) is 23.0. The highest BCUT2D eigenvalue weighted by molar-refractivity contribution is 6.24. The van der Waals surface area contributed by atoms with Crippen molar-refractivity contribution in [3.8, 4) is 11.4 Å². The van der Waals surface area contributed by atoms with Crippen molar-refractivity contribution in [1.82, 2.24) is 30.3 Å². The Kier molecular flexibility index (Phi) is 7.16. The Morgan fingerprint density at radius 3 is 2.51 bits per heavy atom. The number of nitrogens with one attached hydrogen (secondary N) is 3. The van der Waals surface area contributed by atoms with Gasteiger partial charge in [0.05, 0.1) is 22.2 Å². The summed E-state index contributed by atoms with van der Waals surface area (Å²) in [6.45, 7) is 7.11. The van der Waals surface area contributed by atoms with Crippen LogP contribution in [0.3, 0.4) is 0 Å². The third-order valence-electron chi connectivity index (χ3n) is 12.1. The van der Waals surface area contributed by atoms with Gasteiger partial charge in [0.2, 0.25) is 17.7 Å². The minimum Gasteiger partial charge on any atom is -0.353 e. The van der Waals surface area contributed by atoms with Crippen molar-refractivity contribution in [3.63, 3.8) is 0 Å². The van der Waals surface area contributed by atoms with Crippen molar-refractivity contribution >= 4 is 46.1 Å². The number of carbonyl (C=O) groups is 5. The Balaban J connectivity index is 0.878. The van der Waals surface area contributed by atoms with Crippen molar-refractivity contribution < 1.29 is 24.0 Å². The van der Waals surface area contributed by atoms with Crippen LogP contribution in [0.15, 0.2) is 42.5 Å². The number of likely N-dealkylation sites (tertiary alicyclic amines) is 1. The van der Waals surface area contributed by atoms with Crippen LogP contribution in [0.1, 0.15) is 89.9 Å². The highest BCUT2D eigenvalue weighted by Gasteiger charge is 2.49. The minimum atomic E-state index is -0.997. The largest absolute Gasteiger partial charge is 0.353 e. The molecule has 6 heterocycles. The zero-order valence-electron chi connectivity index (χ0n) is 28.9. The highest BCUT2D eigenvalue weighted by atomic mass is 16.2. The van der Waals surface area contributed by atoms with Crippen LogP contribution < -0.4 is 10.2 Å². The molecule has 5 amide bonds. The van der Waals surface area contributed by atoms with Gasteiger partial charge in [0.1, 0.15) is 11.7 Å². The Labute approximate surface area is 294 Å². The molecular formula is C39H41N7O5. The number of aromatic nitrogens is 3. The number of piperidine rings is 2. The van der Waals surface area contributed by atoms with Crippen molar-refractivity contribution in [2.24, 2.45) is 10.8 Å². The molecule has 5 aliphatic rings. The van der Waals surface area contributed by atoms with Crippen LogP contribution >= 0.6 is 0 Å². The van der Waals surface area contributed by atoms with E-state index < -0.39 is 35.1 Å². The fourth-order valence-corrected chi connectivity index (χ4v) is 9.11. The van der Waals surface area contributed by atoms with Crippen LogP contribution in [-0.4, -0.2) is 80.2 Å². The van der Waals surface area contributed by atoms with Crippen LogP contribution in [-0.2, 0) is 33.8 Å². The van der Waals surface area contributed by atoms with Gasteiger partial charge in [-0.25, -0.2) is 0 Å². The number of amides is 5. The van der Waals surface area contributed by atoms with Crippen LogP contribution in [0.25, 0.3) is 22.3 Å². The van der Waals surface area contributed by atoms with Crippen LogP contribution in [0.5, 0.6) is 0 Å². The molecule has 0 saturated carbocycles. The molecule has 4 aliphatic heterocycles. The molecule has 0 radical (unpaired) electrons. The van der Waals surface area contributed by atoms with Crippen LogP contribution in [0.2, 0.25) is 0 Å². The van der Waals surface area contributed by atoms with Gasteiger partial charge in [-0.15, -0.1) is 0 Å². The number of benzene rings is 2. The number of carbonyl (C=O) groups excluding carboxylic acids is 5. The van der Waals surface area contributed by atoms with E-state index in [0.717, 1.165) is 64.1 Å². The molecule has 12 heteroatoms. The average molecular weight is 688 g/mol. The molecule has 2 aromatic heterocycles. The first-order valence-corrected chi connectivity index (χ1v) is 18.1. The second kappa shape index (κ2) is 11.5. The van der Waals surface area contributed by atoms with E-state index in [4.69, 9.17) is 5.10 Å². The molecular weight excluding hydrogens is 646 g/mol. The lowest BCUT2D eigenvalue weighted by molar-refractivity contribution is -0.136. The van der Waals surface area contributed by atoms with Crippen molar-refractivity contribution in [2.75, 3.05) is 24.5 Å². The highest BCUT2D eigenvalue weighted by Crippen LogP contribution is 2.44. The molecule has 9 rings (SSSR count). The van der Waals surface area contributed by atoms with Crippen LogP contribution in [0.4, 0.5) is 5.69 Å². The summed E-state index contributed by atoms with van der Waals surface area (Å²) in [5.74, 6) is -1.84. The lowest BCUT2D eigenvalue weighted by atomic mass is 9.76. The molecule has 51 heavy (non-hydrogen) atoms. The fraction of sp³-hybridized carbons (Fsp3) is 0.436. The maximum absolute atomic E-state index is 14.1. The van der Waals surface area contributed by atoms with E-state index in [9.17, 15) is 24.0 Å². The van der Waals surface area contributed by atoms with Gasteiger partial charge in [-0.1, -0.05) is 32.0 Å². The minimum absolute atomic E-state index is 0.0794. The number of H-pyrrole nitrogens is 2. The first-order chi connectivity index (χ1) is 24.5. The number of hydrogen-bond donors (Lipinski definition) is 3. The van der Waals surface area contributed by atoms with E-state index >= 15 is 0 Å². The lowest BCUT2D eigenvalue weighted by Gasteiger charge is -2.38. The smallest absolute Gasteiger partial charge is 0.262 e. The van der Waals surface area contributed by atoms with Gasteiger partial charge in [0.15, 0.2) is 0 Å². The molecule has 4 aromatic rings. The first kappa shape index (κ1) is 31.9. The first-order valence-electron chi connectivity index (χ1n) is 18.1. The van der Waals surface area contributed by atoms with E-state index in [1.54, 1.807) is 12.1 Å². The molecule has 1 atom stereocenters. The summed E-state index contributed by atoms with van der Waals surface area (Å²) >= 11 is 0. The molecule has 3 fully saturated rings. The zero-order chi connectivity index (χ0) is 35.2. The molecule has 0 bridgehead atoms. The second-order valence-corrected chi connectivity index (χ2v) is 15.9. The van der Waals surface area contributed by atoms with E-state index in [1.807, 2.05) is 17.0 Å². The van der Waals surface area contributed by atoms with Crippen molar-refractivity contribution in [2.45, 2.75) is 77.8 Å². The van der Waals surface area contributed by atoms with Crippen molar-refractivity contribution in [3.05, 3.63) is 70.4 Å². The maximum atomic E-state index is 14.1. The molecule has 1 unspecified atom stereocenters. The lowest BCUT2D eigenvalue weighted by Crippen LogP contribution is -2.54. The van der Waals surface area contributed by atoms with Gasteiger partial charge in [-0.2, -0.15) is 5.10 Å². The summed E-state index contributed by atoms with van der Waals surface area (Å²) in [6, 6.07) is 12.6. The molecule has 3 N–H and O–H groups in total. The Morgan fingerprint density at radius 1 is 0.902 bits per heavy atom. The summed E-state index contributed by atoms with van der Waals surface area (Å²) in [4.78, 5) is 74.0. The molecule has 3 saturated heterocycles. The Bertz CT molecular complexity index is 2170. The third-order valence-corrected chi connectivity index (χ3v) is 12.1. The fourth-order valence-electron chi connectivity index (χ4n) is 9.11. The number of hydrogen-bond acceptors (Lipinski definition) is 7. The number of nitrogens with zero attached hydrogens (tertiary/aromatic N) is 4. The SMILES string of the molecule is CC1(C)CCc2c(-c3cc4ccc(N5CCC6(CCN(Cc7cccc8c7C(=O)N(C7CCC(=O)NC7=O)C8=O)CC6)C5=O)cc4[nH]3)n[nH]c2C1. The molecule has 12 nitrogen and oxygen atoms in total. The predicted molar refractivity (Wildman–Crippen MR) is 189 cm³/mol. The van der Waals surface area contributed by atoms with Gasteiger partial charge < -0.3 is 9.88 Å². The number of imide groups is 2. The number of fused-ring (bicyclic) bond motifs is 3. The summed E-state index contributed by atoms with van der Waals surface area (Å²) in [5.41, 5.74) is 7.59. The molecule has 1 aliphatic carbocycles.